The molecule has 0 amide bonds. The Labute approximate surface area is 115 Å². The van der Waals surface area contributed by atoms with E-state index < -0.39 is 10.6 Å². The number of aromatic nitrogens is 2. The zero-order valence-electron chi connectivity index (χ0n) is 9.41. The molecule has 2 rings (SSSR count). The maximum atomic E-state index is 11.0. The van der Waals surface area contributed by atoms with Gasteiger partial charge in [-0.1, -0.05) is 22.0 Å². The molecular weight excluding hydrogens is 318 g/mol. The van der Waals surface area contributed by atoms with Crippen molar-refractivity contribution in [3.63, 3.8) is 0 Å². The van der Waals surface area contributed by atoms with E-state index in [1.54, 1.807) is 24.3 Å². The zero-order valence-corrected chi connectivity index (χ0v) is 11.0. The number of rotatable bonds is 4. The lowest BCUT2D eigenvalue weighted by molar-refractivity contribution is -0.385. The van der Waals surface area contributed by atoms with Crippen LogP contribution in [0.15, 0.2) is 35.1 Å². The van der Waals surface area contributed by atoms with Gasteiger partial charge >= 0.3 is 11.6 Å². The van der Waals surface area contributed by atoms with Crippen molar-refractivity contribution in [1.82, 2.24) is 9.97 Å². The molecule has 0 radical (unpaired) electrons. The molecule has 98 valence electrons. The van der Waals surface area contributed by atoms with Crippen molar-refractivity contribution in [1.29, 1.82) is 0 Å². The Kier molecular flexibility index (Phi) is 3.88. The second-order valence-corrected chi connectivity index (χ2v) is 4.25. The molecule has 0 bridgehead atoms. The number of hydrogen-bond acceptors (Lipinski definition) is 7. The Morgan fingerprint density at radius 1 is 1.42 bits per heavy atom. The molecule has 0 atom stereocenters. The van der Waals surface area contributed by atoms with E-state index in [1.807, 2.05) is 0 Å². The Balaban J connectivity index is 2.42. The first-order valence-corrected chi connectivity index (χ1v) is 5.80. The predicted molar refractivity (Wildman–Crippen MR) is 70.7 cm³/mol. The van der Waals surface area contributed by atoms with E-state index in [-0.39, 0.29) is 11.7 Å². The maximum Gasteiger partial charge on any atom is 0.374 e. The van der Waals surface area contributed by atoms with Gasteiger partial charge in [-0.2, -0.15) is 4.98 Å². The van der Waals surface area contributed by atoms with Crippen LogP contribution in [0.25, 0.3) is 0 Å². The van der Waals surface area contributed by atoms with Crippen molar-refractivity contribution in [3.8, 4) is 11.6 Å². The largest absolute Gasteiger partial charge is 0.434 e. The fourth-order valence-corrected chi connectivity index (χ4v) is 1.73. The minimum Gasteiger partial charge on any atom is -0.434 e. The van der Waals surface area contributed by atoms with Crippen LogP contribution in [-0.4, -0.2) is 14.9 Å². The fourth-order valence-electron chi connectivity index (χ4n) is 1.35. The summed E-state index contributed by atoms with van der Waals surface area (Å²) in [6, 6.07) is 6.83. The SMILES string of the molecule is NNc1ncnc(Oc2cccc(Br)c2)c1[N+](=O)[O-]. The molecule has 0 aliphatic rings. The van der Waals surface area contributed by atoms with Crippen molar-refractivity contribution in [2.45, 2.75) is 0 Å². The summed E-state index contributed by atoms with van der Waals surface area (Å²) in [5.74, 6) is 5.26. The van der Waals surface area contributed by atoms with Crippen LogP contribution in [0.4, 0.5) is 11.5 Å². The predicted octanol–water partition coefficient (Wildman–Crippen LogP) is 2.23. The smallest absolute Gasteiger partial charge is 0.374 e. The fraction of sp³-hybridized carbons (Fsp3) is 0. The van der Waals surface area contributed by atoms with Gasteiger partial charge < -0.3 is 10.2 Å². The Hall–Kier alpha value is -2.26. The standard InChI is InChI=1S/C10H8BrN5O3/c11-6-2-1-3-7(4-6)19-10-8(16(17)18)9(15-12)13-5-14-10/h1-5H,12H2,(H,13,14,15). The van der Waals surface area contributed by atoms with E-state index in [0.29, 0.717) is 5.75 Å². The third kappa shape index (κ3) is 2.95. The van der Waals surface area contributed by atoms with E-state index in [1.165, 1.54) is 0 Å². The Morgan fingerprint density at radius 2 is 2.21 bits per heavy atom. The summed E-state index contributed by atoms with van der Waals surface area (Å²) in [4.78, 5) is 17.7. The molecule has 1 aromatic heterocycles. The van der Waals surface area contributed by atoms with Gasteiger partial charge in [0, 0.05) is 4.47 Å². The van der Waals surface area contributed by atoms with Crippen molar-refractivity contribution >= 4 is 27.4 Å². The zero-order chi connectivity index (χ0) is 13.8. The van der Waals surface area contributed by atoms with Crippen LogP contribution >= 0.6 is 15.9 Å². The number of anilines is 1. The molecule has 0 fully saturated rings. The third-order valence-corrected chi connectivity index (χ3v) is 2.61. The van der Waals surface area contributed by atoms with E-state index in [4.69, 9.17) is 10.6 Å². The monoisotopic (exact) mass is 325 g/mol. The highest BCUT2D eigenvalue weighted by Gasteiger charge is 2.24. The molecule has 0 spiro atoms. The minimum absolute atomic E-state index is 0.120. The van der Waals surface area contributed by atoms with Crippen LogP contribution in [0, 0.1) is 10.1 Å². The number of nitro groups is 1. The number of nitrogens with two attached hydrogens (primary N) is 1. The van der Waals surface area contributed by atoms with Gasteiger partial charge in [-0.05, 0) is 18.2 Å². The molecule has 2 aromatic rings. The van der Waals surface area contributed by atoms with Gasteiger partial charge in [-0.15, -0.1) is 0 Å². The first-order chi connectivity index (χ1) is 9.11. The molecule has 19 heavy (non-hydrogen) atoms. The summed E-state index contributed by atoms with van der Waals surface area (Å²) in [6.45, 7) is 0. The summed E-state index contributed by atoms with van der Waals surface area (Å²) in [7, 11) is 0. The molecule has 1 heterocycles. The average molecular weight is 326 g/mol. The first kappa shape index (κ1) is 13.2. The molecule has 0 saturated carbocycles. The molecule has 0 unspecified atom stereocenters. The van der Waals surface area contributed by atoms with Crippen LogP contribution in [0.5, 0.6) is 11.6 Å². The van der Waals surface area contributed by atoms with Gasteiger partial charge in [-0.25, -0.2) is 10.8 Å². The molecule has 1 aromatic carbocycles. The number of hydrazine groups is 1. The van der Waals surface area contributed by atoms with Gasteiger partial charge in [-0.3, -0.25) is 10.1 Å². The lowest BCUT2D eigenvalue weighted by Gasteiger charge is -2.07. The highest BCUT2D eigenvalue weighted by Crippen LogP contribution is 2.33. The van der Waals surface area contributed by atoms with Crippen molar-refractivity contribution in [2.75, 3.05) is 5.43 Å². The quantitative estimate of drug-likeness (QED) is 0.502. The van der Waals surface area contributed by atoms with Crippen LogP contribution in [0.2, 0.25) is 0 Å². The number of nitrogen functional groups attached to an aromatic ring is 1. The van der Waals surface area contributed by atoms with E-state index >= 15 is 0 Å². The second-order valence-electron chi connectivity index (χ2n) is 3.34. The summed E-state index contributed by atoms with van der Waals surface area (Å²) in [5.41, 5.74) is 1.71. The third-order valence-electron chi connectivity index (χ3n) is 2.12. The van der Waals surface area contributed by atoms with Gasteiger partial charge in [0.1, 0.15) is 12.1 Å². The first-order valence-electron chi connectivity index (χ1n) is 5.01. The number of nitrogens with one attached hydrogen (secondary N) is 1. The van der Waals surface area contributed by atoms with Crippen molar-refractivity contribution < 1.29 is 9.66 Å². The molecule has 8 nitrogen and oxygen atoms in total. The molecule has 0 saturated heterocycles. The minimum atomic E-state index is -0.664. The number of benzene rings is 1. The highest BCUT2D eigenvalue weighted by molar-refractivity contribution is 9.10. The average Bonchev–Trinajstić information content (AvgIpc) is 2.38. The van der Waals surface area contributed by atoms with Gasteiger partial charge in [0.25, 0.3) is 0 Å². The van der Waals surface area contributed by atoms with Gasteiger partial charge in [0.15, 0.2) is 0 Å². The summed E-state index contributed by atoms with van der Waals surface area (Å²) in [6.07, 6.45) is 1.12. The van der Waals surface area contributed by atoms with Gasteiger partial charge in [0.2, 0.25) is 5.82 Å². The maximum absolute atomic E-state index is 11.0. The van der Waals surface area contributed by atoms with E-state index in [2.05, 4.69) is 31.3 Å². The number of hydrogen-bond donors (Lipinski definition) is 2. The van der Waals surface area contributed by atoms with Crippen LogP contribution in [-0.2, 0) is 0 Å². The van der Waals surface area contributed by atoms with Crippen molar-refractivity contribution in [3.05, 3.63) is 45.2 Å². The lowest BCUT2D eigenvalue weighted by Crippen LogP contribution is -2.12. The van der Waals surface area contributed by atoms with Crippen LogP contribution in [0.1, 0.15) is 0 Å². The van der Waals surface area contributed by atoms with Crippen LogP contribution in [0.3, 0.4) is 0 Å². The normalized spacial score (nSPS) is 10.0. The highest BCUT2D eigenvalue weighted by atomic mass is 79.9. The second kappa shape index (κ2) is 5.59. The van der Waals surface area contributed by atoms with E-state index in [9.17, 15) is 10.1 Å². The Morgan fingerprint density at radius 3 is 2.84 bits per heavy atom. The number of nitrogens with zero attached hydrogens (tertiary/aromatic N) is 3. The molecular formula is C10H8BrN5O3. The van der Waals surface area contributed by atoms with Crippen molar-refractivity contribution in [2.24, 2.45) is 5.84 Å². The number of halogens is 1. The number of ether oxygens (including phenoxy) is 1. The molecule has 3 N–H and O–H groups in total. The Bertz CT molecular complexity index is 622. The lowest BCUT2D eigenvalue weighted by atomic mass is 10.3. The van der Waals surface area contributed by atoms with Gasteiger partial charge in [0.05, 0.1) is 4.92 Å². The van der Waals surface area contributed by atoms with E-state index in [0.717, 1.165) is 10.8 Å². The summed E-state index contributed by atoms with van der Waals surface area (Å²) >= 11 is 3.27. The molecule has 0 aliphatic carbocycles. The molecule has 0 aliphatic heterocycles. The topological polar surface area (TPSA) is 116 Å². The summed E-state index contributed by atoms with van der Waals surface area (Å²) in [5, 5.41) is 11.0. The summed E-state index contributed by atoms with van der Waals surface area (Å²) < 4.78 is 6.15. The van der Waals surface area contributed by atoms with Crippen LogP contribution < -0.4 is 16.0 Å². The molecule has 9 heteroatoms.